The number of esters is 1. The van der Waals surface area contributed by atoms with Gasteiger partial charge in [0.05, 0.1) is 11.3 Å². The van der Waals surface area contributed by atoms with Crippen molar-refractivity contribution in [2.24, 2.45) is 0 Å². The monoisotopic (exact) mass is 367 g/mol. The molecule has 2 rings (SSSR count). The van der Waals surface area contributed by atoms with E-state index in [1.165, 1.54) is 12.1 Å². The highest BCUT2D eigenvalue weighted by atomic mass is 35.5. The Morgan fingerprint density at radius 3 is 2.33 bits per heavy atom. The summed E-state index contributed by atoms with van der Waals surface area (Å²) in [4.78, 5) is 11.8. The standard InChI is InChI=1S/C17H18ClNO4S/c1-13-2-8-16(9-3-13)24(21,22)19-11-10-17(20)23-12-14-4-6-15(18)7-5-14/h2-9,19H,10-12H2,1H3. The Morgan fingerprint density at radius 2 is 1.71 bits per heavy atom. The van der Waals surface area contributed by atoms with E-state index in [1.807, 2.05) is 6.92 Å². The average Bonchev–Trinajstić information content (AvgIpc) is 2.54. The number of rotatable bonds is 7. The molecule has 0 bridgehead atoms. The van der Waals surface area contributed by atoms with Gasteiger partial charge in [0.15, 0.2) is 0 Å². The molecule has 0 aromatic heterocycles. The number of ether oxygens (including phenoxy) is 1. The summed E-state index contributed by atoms with van der Waals surface area (Å²) in [5.41, 5.74) is 1.78. The number of nitrogens with one attached hydrogen (secondary N) is 1. The van der Waals surface area contributed by atoms with Crippen molar-refractivity contribution in [2.75, 3.05) is 6.54 Å². The molecule has 1 N–H and O–H groups in total. The molecular weight excluding hydrogens is 350 g/mol. The van der Waals surface area contributed by atoms with E-state index in [0.29, 0.717) is 5.02 Å². The van der Waals surface area contributed by atoms with Gasteiger partial charge >= 0.3 is 5.97 Å². The number of hydrogen-bond acceptors (Lipinski definition) is 4. The minimum Gasteiger partial charge on any atom is -0.461 e. The van der Waals surface area contributed by atoms with Crippen LogP contribution >= 0.6 is 11.6 Å². The van der Waals surface area contributed by atoms with Gasteiger partial charge in [-0.3, -0.25) is 4.79 Å². The highest BCUT2D eigenvalue weighted by Gasteiger charge is 2.14. The van der Waals surface area contributed by atoms with Crippen LogP contribution in [-0.4, -0.2) is 20.9 Å². The van der Waals surface area contributed by atoms with Crippen LogP contribution in [0.5, 0.6) is 0 Å². The van der Waals surface area contributed by atoms with Crippen molar-refractivity contribution in [2.45, 2.75) is 24.8 Å². The first-order valence-electron chi connectivity index (χ1n) is 7.33. The third-order valence-corrected chi connectivity index (χ3v) is 4.99. The van der Waals surface area contributed by atoms with E-state index in [1.54, 1.807) is 36.4 Å². The van der Waals surface area contributed by atoms with Crippen LogP contribution < -0.4 is 4.72 Å². The molecule has 0 aliphatic carbocycles. The molecule has 0 fully saturated rings. The zero-order valence-corrected chi connectivity index (χ0v) is 14.7. The fourth-order valence-corrected chi connectivity index (χ4v) is 3.06. The van der Waals surface area contributed by atoms with E-state index in [-0.39, 0.29) is 24.5 Å². The molecule has 0 spiro atoms. The lowest BCUT2D eigenvalue weighted by Gasteiger charge is -2.08. The molecule has 2 aromatic rings. The van der Waals surface area contributed by atoms with Crippen LogP contribution in [-0.2, 0) is 26.2 Å². The Balaban J connectivity index is 1.77. The SMILES string of the molecule is Cc1ccc(S(=O)(=O)NCCC(=O)OCc2ccc(Cl)cc2)cc1. The number of hydrogen-bond donors (Lipinski definition) is 1. The Morgan fingerprint density at radius 1 is 1.08 bits per heavy atom. The second-order valence-electron chi connectivity index (χ2n) is 5.25. The average molecular weight is 368 g/mol. The summed E-state index contributed by atoms with van der Waals surface area (Å²) >= 11 is 5.77. The van der Waals surface area contributed by atoms with Crippen molar-refractivity contribution in [1.82, 2.24) is 4.72 Å². The van der Waals surface area contributed by atoms with E-state index in [0.717, 1.165) is 11.1 Å². The second kappa shape index (κ2) is 8.28. The van der Waals surface area contributed by atoms with E-state index in [2.05, 4.69) is 4.72 Å². The molecule has 0 saturated carbocycles. The zero-order valence-electron chi connectivity index (χ0n) is 13.2. The van der Waals surface area contributed by atoms with Gasteiger partial charge in [-0.1, -0.05) is 41.4 Å². The van der Waals surface area contributed by atoms with Crippen molar-refractivity contribution in [1.29, 1.82) is 0 Å². The number of carbonyl (C=O) groups excluding carboxylic acids is 1. The molecule has 2 aromatic carbocycles. The minimum absolute atomic E-state index is 0.0182. The summed E-state index contributed by atoms with van der Waals surface area (Å²) in [5.74, 6) is -0.475. The molecule has 0 aliphatic rings. The fraction of sp³-hybridized carbons (Fsp3) is 0.235. The Labute approximate surface area is 146 Å². The first kappa shape index (κ1) is 18.4. The summed E-state index contributed by atoms with van der Waals surface area (Å²) < 4.78 is 31.6. The number of aryl methyl sites for hydroxylation is 1. The van der Waals surface area contributed by atoms with E-state index < -0.39 is 16.0 Å². The fourth-order valence-electron chi connectivity index (χ4n) is 1.90. The molecule has 0 radical (unpaired) electrons. The molecule has 5 nitrogen and oxygen atoms in total. The Kier molecular flexibility index (Phi) is 6.36. The largest absolute Gasteiger partial charge is 0.461 e. The topological polar surface area (TPSA) is 72.5 Å². The number of benzene rings is 2. The second-order valence-corrected chi connectivity index (χ2v) is 7.45. The molecule has 24 heavy (non-hydrogen) atoms. The smallest absolute Gasteiger partial charge is 0.307 e. The predicted molar refractivity (Wildman–Crippen MR) is 92.2 cm³/mol. The van der Waals surface area contributed by atoms with Gasteiger partial charge in [0.25, 0.3) is 0 Å². The van der Waals surface area contributed by atoms with Gasteiger partial charge < -0.3 is 4.74 Å². The maximum Gasteiger partial charge on any atom is 0.307 e. The lowest BCUT2D eigenvalue weighted by Crippen LogP contribution is -2.26. The molecular formula is C17H18ClNO4S. The van der Waals surface area contributed by atoms with Gasteiger partial charge in [0.2, 0.25) is 10.0 Å². The lowest BCUT2D eigenvalue weighted by molar-refractivity contribution is -0.144. The number of halogens is 1. The normalized spacial score (nSPS) is 11.2. The van der Waals surface area contributed by atoms with Gasteiger partial charge in [0, 0.05) is 11.6 Å². The number of carbonyl (C=O) groups is 1. The van der Waals surface area contributed by atoms with E-state index >= 15 is 0 Å². The van der Waals surface area contributed by atoms with Crippen LogP contribution in [0.4, 0.5) is 0 Å². The lowest BCUT2D eigenvalue weighted by atomic mass is 10.2. The molecule has 128 valence electrons. The first-order valence-corrected chi connectivity index (χ1v) is 9.19. The molecule has 0 saturated heterocycles. The predicted octanol–water partition coefficient (Wildman–Crippen LogP) is 3.06. The van der Waals surface area contributed by atoms with Gasteiger partial charge in [-0.15, -0.1) is 0 Å². The molecule has 0 heterocycles. The van der Waals surface area contributed by atoms with Crippen LogP contribution in [0, 0.1) is 6.92 Å². The number of sulfonamides is 1. The van der Waals surface area contributed by atoms with E-state index in [4.69, 9.17) is 16.3 Å². The summed E-state index contributed by atoms with van der Waals surface area (Å²) in [5, 5.41) is 0.607. The van der Waals surface area contributed by atoms with Gasteiger partial charge in [-0.05, 0) is 36.8 Å². The summed E-state index contributed by atoms with van der Waals surface area (Å²) in [7, 11) is -3.62. The summed E-state index contributed by atoms with van der Waals surface area (Å²) in [6.07, 6.45) is -0.0430. The van der Waals surface area contributed by atoms with Crippen molar-refractivity contribution >= 4 is 27.6 Å². The summed E-state index contributed by atoms with van der Waals surface area (Å²) in [6.45, 7) is 1.98. The van der Waals surface area contributed by atoms with Gasteiger partial charge in [-0.25, -0.2) is 13.1 Å². The molecule has 0 amide bonds. The highest BCUT2D eigenvalue weighted by Crippen LogP contribution is 2.11. The van der Waals surface area contributed by atoms with E-state index in [9.17, 15) is 13.2 Å². The van der Waals surface area contributed by atoms with Crippen LogP contribution in [0.2, 0.25) is 5.02 Å². The maximum absolute atomic E-state index is 12.1. The van der Waals surface area contributed by atoms with Gasteiger partial charge in [-0.2, -0.15) is 0 Å². The Hall–Kier alpha value is -1.89. The van der Waals surface area contributed by atoms with Crippen molar-refractivity contribution < 1.29 is 17.9 Å². The van der Waals surface area contributed by atoms with Crippen molar-refractivity contribution in [3.8, 4) is 0 Å². The summed E-state index contributed by atoms with van der Waals surface area (Å²) in [6, 6.07) is 13.4. The van der Waals surface area contributed by atoms with Crippen molar-refractivity contribution in [3.05, 3.63) is 64.7 Å². The quantitative estimate of drug-likeness (QED) is 0.763. The van der Waals surface area contributed by atoms with Crippen molar-refractivity contribution in [3.63, 3.8) is 0 Å². The third-order valence-electron chi connectivity index (χ3n) is 3.27. The molecule has 0 aliphatic heterocycles. The van der Waals surface area contributed by atoms with Crippen LogP contribution in [0.3, 0.4) is 0 Å². The maximum atomic E-state index is 12.1. The molecule has 0 unspecified atom stereocenters. The minimum atomic E-state index is -3.62. The van der Waals surface area contributed by atoms with Crippen LogP contribution in [0.25, 0.3) is 0 Å². The van der Waals surface area contributed by atoms with Crippen LogP contribution in [0.1, 0.15) is 17.5 Å². The molecule has 0 atom stereocenters. The van der Waals surface area contributed by atoms with Crippen LogP contribution in [0.15, 0.2) is 53.4 Å². The molecule has 7 heteroatoms. The highest BCUT2D eigenvalue weighted by molar-refractivity contribution is 7.89. The Bertz CT molecular complexity index is 786. The first-order chi connectivity index (χ1) is 11.4. The third kappa shape index (κ3) is 5.63. The van der Waals surface area contributed by atoms with Gasteiger partial charge in [0.1, 0.15) is 6.61 Å². The zero-order chi connectivity index (χ0) is 17.6.